The SMILES string of the molecule is CCCCCCN(CCCCCC)c1nc(-c2c(C)cccc2C)c(C=O)s1. The Kier molecular flexibility index (Phi) is 9.69. The summed E-state index contributed by atoms with van der Waals surface area (Å²) in [7, 11) is 0. The first-order valence-electron chi connectivity index (χ1n) is 10.9. The molecular weight excluding hydrogens is 364 g/mol. The van der Waals surface area contributed by atoms with Gasteiger partial charge in [0.15, 0.2) is 11.4 Å². The number of hydrogen-bond acceptors (Lipinski definition) is 4. The molecule has 0 aliphatic rings. The fourth-order valence-corrected chi connectivity index (χ4v) is 4.60. The molecule has 0 saturated heterocycles. The lowest BCUT2D eigenvalue weighted by Crippen LogP contribution is -2.25. The van der Waals surface area contributed by atoms with Crippen molar-refractivity contribution < 1.29 is 4.79 Å². The Balaban J connectivity index is 2.26. The van der Waals surface area contributed by atoms with Crippen molar-refractivity contribution in [2.24, 2.45) is 0 Å². The topological polar surface area (TPSA) is 33.2 Å². The van der Waals surface area contributed by atoms with Crippen LogP contribution < -0.4 is 4.90 Å². The van der Waals surface area contributed by atoms with Crippen LogP contribution in [0.15, 0.2) is 18.2 Å². The maximum absolute atomic E-state index is 11.8. The van der Waals surface area contributed by atoms with Crippen molar-refractivity contribution in [3.05, 3.63) is 34.2 Å². The van der Waals surface area contributed by atoms with Crippen molar-refractivity contribution in [1.82, 2.24) is 4.98 Å². The number of aryl methyl sites for hydroxylation is 2. The molecule has 1 aromatic heterocycles. The molecule has 0 amide bonds. The molecule has 0 atom stereocenters. The van der Waals surface area contributed by atoms with Gasteiger partial charge in [-0.05, 0) is 37.8 Å². The maximum atomic E-state index is 11.8. The van der Waals surface area contributed by atoms with Crippen LogP contribution in [0.5, 0.6) is 0 Å². The van der Waals surface area contributed by atoms with Gasteiger partial charge in [0.25, 0.3) is 0 Å². The van der Waals surface area contributed by atoms with Crippen LogP contribution in [0.1, 0.15) is 86.0 Å². The number of carbonyl (C=O) groups is 1. The lowest BCUT2D eigenvalue weighted by Gasteiger charge is -2.22. The van der Waals surface area contributed by atoms with Gasteiger partial charge in [-0.2, -0.15) is 0 Å². The predicted molar refractivity (Wildman–Crippen MR) is 123 cm³/mol. The molecule has 0 aliphatic carbocycles. The Morgan fingerprint density at radius 3 is 2.00 bits per heavy atom. The summed E-state index contributed by atoms with van der Waals surface area (Å²) in [4.78, 5) is 20.0. The largest absolute Gasteiger partial charge is 0.348 e. The highest BCUT2D eigenvalue weighted by Crippen LogP contribution is 2.35. The number of hydrogen-bond donors (Lipinski definition) is 0. The zero-order valence-electron chi connectivity index (χ0n) is 18.1. The van der Waals surface area contributed by atoms with E-state index in [4.69, 9.17) is 4.98 Å². The molecule has 0 spiro atoms. The van der Waals surface area contributed by atoms with Gasteiger partial charge in [0.1, 0.15) is 0 Å². The third kappa shape index (κ3) is 6.16. The number of unbranched alkanes of at least 4 members (excludes halogenated alkanes) is 6. The van der Waals surface area contributed by atoms with Gasteiger partial charge in [0.05, 0.1) is 10.6 Å². The molecule has 2 aromatic rings. The molecule has 0 unspecified atom stereocenters. The Hall–Kier alpha value is -1.68. The highest BCUT2D eigenvalue weighted by molar-refractivity contribution is 7.17. The Labute approximate surface area is 175 Å². The van der Waals surface area contributed by atoms with Crippen LogP contribution in [0, 0.1) is 13.8 Å². The van der Waals surface area contributed by atoms with Crippen molar-refractivity contribution in [3.63, 3.8) is 0 Å². The molecule has 28 heavy (non-hydrogen) atoms. The number of carbonyl (C=O) groups excluding carboxylic acids is 1. The Bertz CT molecular complexity index is 706. The molecule has 4 heteroatoms. The van der Waals surface area contributed by atoms with Gasteiger partial charge < -0.3 is 4.90 Å². The highest BCUT2D eigenvalue weighted by atomic mass is 32.1. The predicted octanol–water partition coefficient (Wildman–Crippen LogP) is 7.21. The van der Waals surface area contributed by atoms with E-state index in [0.717, 1.165) is 40.6 Å². The van der Waals surface area contributed by atoms with Gasteiger partial charge in [-0.3, -0.25) is 4.79 Å². The molecule has 3 nitrogen and oxygen atoms in total. The number of nitrogens with zero attached hydrogens (tertiary/aromatic N) is 2. The number of anilines is 1. The molecule has 154 valence electrons. The number of rotatable bonds is 13. The minimum atomic E-state index is 0.750. The fraction of sp³-hybridized carbons (Fsp3) is 0.583. The van der Waals surface area contributed by atoms with Gasteiger partial charge in [-0.1, -0.05) is 81.9 Å². The summed E-state index contributed by atoms with van der Waals surface area (Å²) in [5.74, 6) is 0. The van der Waals surface area contributed by atoms with Crippen LogP contribution in [0.2, 0.25) is 0 Å². The monoisotopic (exact) mass is 400 g/mol. The first-order valence-corrected chi connectivity index (χ1v) is 11.7. The van der Waals surface area contributed by atoms with E-state index in [-0.39, 0.29) is 0 Å². The zero-order chi connectivity index (χ0) is 20.4. The fourth-order valence-electron chi connectivity index (χ4n) is 3.66. The first kappa shape index (κ1) is 22.6. The maximum Gasteiger partial charge on any atom is 0.186 e. The standard InChI is InChI=1S/C24H36N2OS/c1-5-7-9-11-16-26(17-12-10-8-6-2)24-25-23(21(18-27)28-24)22-19(3)14-13-15-20(22)4/h13-15,18H,5-12,16-17H2,1-4H3. The van der Waals surface area contributed by atoms with Crippen molar-refractivity contribution in [1.29, 1.82) is 0 Å². The summed E-state index contributed by atoms with van der Waals surface area (Å²) in [6.45, 7) is 10.8. The molecule has 1 aromatic carbocycles. The van der Waals surface area contributed by atoms with E-state index in [1.165, 1.54) is 62.5 Å². The average molecular weight is 401 g/mol. The summed E-state index contributed by atoms with van der Waals surface area (Å²) < 4.78 is 0. The van der Waals surface area contributed by atoms with Crippen molar-refractivity contribution in [2.45, 2.75) is 79.1 Å². The molecule has 0 N–H and O–H groups in total. The second-order valence-electron chi connectivity index (χ2n) is 7.70. The van der Waals surface area contributed by atoms with Crippen molar-refractivity contribution in [3.8, 4) is 11.3 Å². The molecular formula is C24H36N2OS. The Morgan fingerprint density at radius 2 is 1.50 bits per heavy atom. The molecule has 0 radical (unpaired) electrons. The van der Waals surface area contributed by atoms with Crippen molar-refractivity contribution in [2.75, 3.05) is 18.0 Å². The third-order valence-electron chi connectivity index (χ3n) is 5.30. The number of thiazole rings is 1. The molecule has 2 rings (SSSR count). The van der Waals surface area contributed by atoms with Gasteiger partial charge in [-0.15, -0.1) is 0 Å². The van der Waals surface area contributed by atoms with E-state index >= 15 is 0 Å². The second-order valence-corrected chi connectivity index (χ2v) is 8.71. The second kappa shape index (κ2) is 12.0. The summed E-state index contributed by atoms with van der Waals surface area (Å²) in [6.07, 6.45) is 11.0. The van der Waals surface area contributed by atoms with E-state index in [1.807, 2.05) is 0 Å². The lowest BCUT2D eigenvalue weighted by molar-refractivity contribution is 0.112. The quantitative estimate of drug-likeness (QED) is 0.263. The van der Waals surface area contributed by atoms with Gasteiger partial charge in [0, 0.05) is 18.7 Å². The normalized spacial score (nSPS) is 11.0. The highest BCUT2D eigenvalue weighted by Gasteiger charge is 2.19. The van der Waals surface area contributed by atoms with Crippen LogP contribution in [0.3, 0.4) is 0 Å². The third-order valence-corrected chi connectivity index (χ3v) is 6.34. The van der Waals surface area contributed by atoms with Gasteiger partial charge >= 0.3 is 0 Å². The van der Waals surface area contributed by atoms with E-state index in [0.29, 0.717) is 0 Å². The molecule has 1 heterocycles. The van der Waals surface area contributed by atoms with Gasteiger partial charge in [-0.25, -0.2) is 4.98 Å². The van der Waals surface area contributed by atoms with Crippen LogP contribution in [0.25, 0.3) is 11.3 Å². The number of aromatic nitrogens is 1. The summed E-state index contributed by atoms with van der Waals surface area (Å²) in [5, 5.41) is 1.01. The lowest BCUT2D eigenvalue weighted by atomic mass is 9.99. The minimum absolute atomic E-state index is 0.750. The van der Waals surface area contributed by atoms with E-state index in [2.05, 4.69) is 50.8 Å². The van der Waals surface area contributed by atoms with Crippen LogP contribution in [0.4, 0.5) is 5.13 Å². The van der Waals surface area contributed by atoms with Crippen LogP contribution >= 0.6 is 11.3 Å². The van der Waals surface area contributed by atoms with E-state index in [1.54, 1.807) is 11.3 Å². The van der Waals surface area contributed by atoms with Gasteiger partial charge in [0.2, 0.25) is 0 Å². The molecule has 0 bridgehead atoms. The summed E-state index contributed by atoms with van der Waals surface area (Å²) >= 11 is 1.55. The number of benzene rings is 1. The smallest absolute Gasteiger partial charge is 0.186 e. The molecule has 0 fully saturated rings. The van der Waals surface area contributed by atoms with E-state index in [9.17, 15) is 4.79 Å². The van der Waals surface area contributed by atoms with Crippen LogP contribution in [-0.2, 0) is 0 Å². The van der Waals surface area contributed by atoms with Crippen molar-refractivity contribution >= 4 is 22.8 Å². The van der Waals surface area contributed by atoms with E-state index < -0.39 is 0 Å². The minimum Gasteiger partial charge on any atom is -0.348 e. The molecule has 0 aliphatic heterocycles. The summed E-state index contributed by atoms with van der Waals surface area (Å²) in [5.41, 5.74) is 4.33. The Morgan fingerprint density at radius 1 is 0.929 bits per heavy atom. The number of aldehydes is 1. The average Bonchev–Trinajstić information content (AvgIpc) is 3.10. The first-order chi connectivity index (χ1) is 13.6. The molecule has 0 saturated carbocycles. The van der Waals surface area contributed by atoms with Crippen LogP contribution in [-0.4, -0.2) is 24.4 Å². The summed E-state index contributed by atoms with van der Waals surface area (Å²) in [6, 6.07) is 6.27. The zero-order valence-corrected chi connectivity index (χ0v) is 18.9.